The Morgan fingerprint density at radius 1 is 1.13 bits per heavy atom. The number of fused-ring (bicyclic) bond motifs is 1. The fourth-order valence-electron chi connectivity index (χ4n) is 3.72. The average Bonchev–Trinajstić information content (AvgIpc) is 3.14. The van der Waals surface area contributed by atoms with E-state index in [-0.39, 0.29) is 11.7 Å². The van der Waals surface area contributed by atoms with Gasteiger partial charge in [-0.3, -0.25) is 4.79 Å². The Morgan fingerprint density at radius 2 is 1.90 bits per heavy atom. The molecule has 4 aromatic rings. The van der Waals surface area contributed by atoms with Crippen LogP contribution in [0.25, 0.3) is 22.3 Å². The van der Waals surface area contributed by atoms with Crippen LogP contribution in [0.15, 0.2) is 70.0 Å². The number of furan rings is 1. The molecule has 158 valence electrons. The molecule has 0 unspecified atom stereocenters. The second-order valence-corrected chi connectivity index (χ2v) is 7.97. The molecule has 3 aromatic carbocycles. The molecule has 1 heterocycles. The van der Waals surface area contributed by atoms with Crippen molar-refractivity contribution in [2.24, 2.45) is 0 Å². The van der Waals surface area contributed by atoms with Crippen LogP contribution in [0.2, 0.25) is 0 Å². The van der Waals surface area contributed by atoms with Gasteiger partial charge in [0, 0.05) is 30.5 Å². The first-order valence-electron chi connectivity index (χ1n) is 9.83. The number of ether oxygens (including phenoxy) is 1. The predicted molar refractivity (Wildman–Crippen MR) is 125 cm³/mol. The molecular formula is C25H23NO4S. The molecule has 1 aromatic heterocycles. The number of phenolic OH excluding ortho intramolecular Hbond substituents is 1. The maximum Gasteiger partial charge on any atom is 0.221 e. The van der Waals surface area contributed by atoms with E-state index in [0.717, 1.165) is 27.1 Å². The second kappa shape index (κ2) is 8.78. The molecule has 1 amide bonds. The number of hydrogen-bond acceptors (Lipinski definition) is 5. The number of hydrogen-bond donors (Lipinski definition) is 2. The average molecular weight is 434 g/mol. The Kier molecular flexibility index (Phi) is 5.91. The molecule has 0 spiro atoms. The normalized spacial score (nSPS) is 10.9. The molecule has 0 radical (unpaired) electrons. The van der Waals surface area contributed by atoms with E-state index in [9.17, 15) is 9.90 Å². The fourth-order valence-corrected chi connectivity index (χ4v) is 4.49. The van der Waals surface area contributed by atoms with Crippen LogP contribution in [0.3, 0.4) is 0 Å². The van der Waals surface area contributed by atoms with Crippen LogP contribution < -0.4 is 10.1 Å². The van der Waals surface area contributed by atoms with Crippen molar-refractivity contribution in [1.82, 2.24) is 0 Å². The molecule has 0 saturated carbocycles. The van der Waals surface area contributed by atoms with Gasteiger partial charge >= 0.3 is 0 Å². The van der Waals surface area contributed by atoms with Crippen LogP contribution in [0.4, 0.5) is 5.69 Å². The summed E-state index contributed by atoms with van der Waals surface area (Å²) in [7, 11) is 1.56. The van der Waals surface area contributed by atoms with Gasteiger partial charge in [0.2, 0.25) is 5.91 Å². The lowest BCUT2D eigenvalue weighted by Crippen LogP contribution is -2.08. The van der Waals surface area contributed by atoms with Crippen molar-refractivity contribution in [1.29, 1.82) is 0 Å². The van der Waals surface area contributed by atoms with E-state index in [4.69, 9.17) is 9.15 Å². The molecule has 5 nitrogen and oxygen atoms in total. The molecule has 0 fully saturated rings. The third-order valence-electron chi connectivity index (χ3n) is 5.11. The summed E-state index contributed by atoms with van der Waals surface area (Å²) in [5.74, 6) is 1.12. The minimum Gasteiger partial charge on any atom is -0.507 e. The second-order valence-electron chi connectivity index (χ2n) is 7.16. The zero-order valence-electron chi connectivity index (χ0n) is 17.6. The SMILES string of the molecule is COc1ccc(-c2oc3ccc(NC(C)=O)c(Cc4ccccc4)c3c2SC)c(O)c1. The molecule has 2 N–H and O–H groups in total. The van der Waals surface area contributed by atoms with Gasteiger partial charge in [-0.05, 0) is 41.6 Å². The van der Waals surface area contributed by atoms with Crippen LogP contribution >= 0.6 is 11.8 Å². The molecule has 0 aliphatic heterocycles. The summed E-state index contributed by atoms with van der Waals surface area (Å²) >= 11 is 1.55. The number of anilines is 1. The summed E-state index contributed by atoms with van der Waals surface area (Å²) in [6.45, 7) is 1.50. The zero-order valence-corrected chi connectivity index (χ0v) is 18.4. The predicted octanol–water partition coefficient (Wildman–Crippen LogP) is 6.09. The molecule has 6 heteroatoms. The van der Waals surface area contributed by atoms with Gasteiger partial charge in [-0.2, -0.15) is 0 Å². The summed E-state index contributed by atoms with van der Waals surface area (Å²) < 4.78 is 11.4. The first kappa shape index (κ1) is 20.9. The van der Waals surface area contributed by atoms with E-state index < -0.39 is 0 Å². The third kappa shape index (κ3) is 4.11. The smallest absolute Gasteiger partial charge is 0.221 e. The molecule has 4 rings (SSSR count). The largest absolute Gasteiger partial charge is 0.507 e. The van der Waals surface area contributed by atoms with Crippen LogP contribution in [-0.2, 0) is 11.2 Å². The van der Waals surface area contributed by atoms with Crippen LogP contribution in [0.1, 0.15) is 18.1 Å². The fraction of sp³-hybridized carbons (Fsp3) is 0.160. The number of amides is 1. The Labute approximate surface area is 185 Å². The third-order valence-corrected chi connectivity index (χ3v) is 5.91. The van der Waals surface area contributed by atoms with E-state index in [1.54, 1.807) is 37.1 Å². The summed E-state index contributed by atoms with van der Waals surface area (Å²) in [4.78, 5) is 12.8. The number of benzene rings is 3. The van der Waals surface area contributed by atoms with E-state index >= 15 is 0 Å². The molecule has 0 atom stereocenters. The zero-order chi connectivity index (χ0) is 22.0. The number of nitrogens with one attached hydrogen (secondary N) is 1. The van der Waals surface area contributed by atoms with Crippen LogP contribution in [0, 0.1) is 0 Å². The maximum atomic E-state index is 11.9. The summed E-state index contributed by atoms with van der Waals surface area (Å²) in [6.07, 6.45) is 2.61. The highest BCUT2D eigenvalue weighted by atomic mass is 32.2. The first-order valence-corrected chi connectivity index (χ1v) is 11.1. The maximum absolute atomic E-state index is 11.9. The summed E-state index contributed by atoms with van der Waals surface area (Å²) in [5.41, 5.74) is 4.16. The quantitative estimate of drug-likeness (QED) is 0.360. The number of methoxy groups -OCH3 is 1. The number of thioether (sulfide) groups is 1. The topological polar surface area (TPSA) is 71.7 Å². The highest BCUT2D eigenvalue weighted by Gasteiger charge is 2.23. The molecular weight excluding hydrogens is 410 g/mol. The number of aromatic hydroxyl groups is 1. The van der Waals surface area contributed by atoms with Crippen LogP contribution in [0.5, 0.6) is 11.5 Å². The van der Waals surface area contributed by atoms with Gasteiger partial charge in [-0.25, -0.2) is 0 Å². The number of phenols is 1. The van der Waals surface area contributed by atoms with Crippen LogP contribution in [-0.4, -0.2) is 24.4 Å². The van der Waals surface area contributed by atoms with Crippen molar-refractivity contribution in [2.75, 3.05) is 18.7 Å². The van der Waals surface area contributed by atoms with Gasteiger partial charge in [-0.1, -0.05) is 30.3 Å². The van der Waals surface area contributed by atoms with Gasteiger partial charge in [0.15, 0.2) is 5.76 Å². The minimum atomic E-state index is -0.129. The molecule has 0 aliphatic carbocycles. The van der Waals surface area contributed by atoms with Crippen molar-refractivity contribution in [3.63, 3.8) is 0 Å². The van der Waals surface area contributed by atoms with Crippen molar-refractivity contribution in [3.8, 4) is 22.8 Å². The Bertz CT molecular complexity index is 1250. The highest BCUT2D eigenvalue weighted by molar-refractivity contribution is 7.99. The van der Waals surface area contributed by atoms with Crippen molar-refractivity contribution in [3.05, 3.63) is 71.8 Å². The van der Waals surface area contributed by atoms with Gasteiger partial charge in [0.05, 0.1) is 17.6 Å². The van der Waals surface area contributed by atoms with E-state index in [0.29, 0.717) is 29.1 Å². The van der Waals surface area contributed by atoms with E-state index in [2.05, 4.69) is 17.4 Å². The Hall–Kier alpha value is -3.38. The van der Waals surface area contributed by atoms with Gasteiger partial charge in [0.25, 0.3) is 0 Å². The molecule has 0 aliphatic rings. The van der Waals surface area contributed by atoms with E-state index in [1.165, 1.54) is 6.92 Å². The highest BCUT2D eigenvalue weighted by Crippen LogP contribution is 2.46. The van der Waals surface area contributed by atoms with Gasteiger partial charge in [-0.15, -0.1) is 11.8 Å². The van der Waals surface area contributed by atoms with Gasteiger partial charge in [0.1, 0.15) is 17.1 Å². The van der Waals surface area contributed by atoms with Gasteiger partial charge < -0.3 is 19.6 Å². The first-order chi connectivity index (χ1) is 15.0. The molecule has 31 heavy (non-hydrogen) atoms. The number of carbonyl (C=O) groups excluding carboxylic acids is 1. The van der Waals surface area contributed by atoms with Crippen molar-refractivity contribution < 1.29 is 19.1 Å². The van der Waals surface area contributed by atoms with Crippen molar-refractivity contribution in [2.45, 2.75) is 18.2 Å². The molecule has 0 saturated heterocycles. The summed E-state index contributed by atoms with van der Waals surface area (Å²) in [5, 5.41) is 14.5. The Morgan fingerprint density at radius 3 is 2.55 bits per heavy atom. The summed E-state index contributed by atoms with van der Waals surface area (Å²) in [6, 6.07) is 19.0. The standard InChI is InChI=1S/C25H23NO4S/c1-15(27)26-20-11-12-22-23(19(20)13-16-7-5-4-6-8-16)25(31-3)24(30-22)18-10-9-17(29-2)14-21(18)28/h4-12,14,28H,13H2,1-3H3,(H,26,27). The van der Waals surface area contributed by atoms with E-state index in [1.807, 2.05) is 36.6 Å². The van der Waals surface area contributed by atoms with Crippen molar-refractivity contribution >= 4 is 34.3 Å². The lowest BCUT2D eigenvalue weighted by atomic mass is 9.99. The number of rotatable bonds is 6. The number of carbonyl (C=O) groups is 1. The lowest BCUT2D eigenvalue weighted by molar-refractivity contribution is -0.114. The molecule has 0 bridgehead atoms. The monoisotopic (exact) mass is 433 g/mol. The minimum absolute atomic E-state index is 0.0837. The lowest BCUT2D eigenvalue weighted by Gasteiger charge is -2.12. The Balaban J connectivity index is 1.95.